The summed E-state index contributed by atoms with van der Waals surface area (Å²) in [6, 6.07) is 6.21. The number of carbonyl (C=O) groups is 3. The number of urea groups is 1. The molecule has 150 valence electrons. The van der Waals surface area contributed by atoms with E-state index in [0.717, 1.165) is 0 Å². The predicted molar refractivity (Wildman–Crippen MR) is 103 cm³/mol. The van der Waals surface area contributed by atoms with Crippen molar-refractivity contribution < 1.29 is 19.1 Å². The minimum atomic E-state index is -1.14. The molecule has 0 fully saturated rings. The Balaban J connectivity index is 1.87. The highest BCUT2D eigenvalue weighted by Crippen LogP contribution is 2.07. The average molecular weight is 388 g/mol. The Morgan fingerprint density at radius 1 is 1.21 bits per heavy atom. The van der Waals surface area contributed by atoms with E-state index >= 15 is 0 Å². The highest BCUT2D eigenvalue weighted by molar-refractivity contribution is 5.97. The maximum atomic E-state index is 12.0. The van der Waals surface area contributed by atoms with Gasteiger partial charge in [0, 0.05) is 12.0 Å². The molecule has 0 unspecified atom stereocenters. The minimum Gasteiger partial charge on any atom is -0.453 e. The number of aryl methyl sites for hydroxylation is 1. The zero-order valence-electron chi connectivity index (χ0n) is 16.3. The van der Waals surface area contributed by atoms with Crippen LogP contribution in [0.15, 0.2) is 29.1 Å². The number of aromatic nitrogens is 2. The number of nitrogens with zero attached hydrogens (tertiary/aromatic N) is 1. The van der Waals surface area contributed by atoms with Crippen LogP contribution < -0.4 is 16.2 Å². The van der Waals surface area contributed by atoms with Gasteiger partial charge in [-0.3, -0.25) is 19.7 Å². The summed E-state index contributed by atoms with van der Waals surface area (Å²) in [6.07, 6.45) is -1.06. The fraction of sp³-hybridized carbons (Fsp3) is 0.421. The molecule has 28 heavy (non-hydrogen) atoms. The number of hydrogen-bond acceptors (Lipinski definition) is 6. The fourth-order valence-electron chi connectivity index (χ4n) is 2.37. The van der Waals surface area contributed by atoms with E-state index in [2.05, 4.69) is 20.6 Å². The van der Waals surface area contributed by atoms with Crippen LogP contribution in [0.5, 0.6) is 0 Å². The Bertz CT molecular complexity index is 945. The van der Waals surface area contributed by atoms with Gasteiger partial charge in [0.05, 0.1) is 17.3 Å². The predicted octanol–water partition coefficient (Wildman–Crippen LogP) is 1.41. The van der Waals surface area contributed by atoms with Crippen molar-refractivity contribution >= 4 is 28.8 Å². The zero-order chi connectivity index (χ0) is 20.9. The molecule has 0 bridgehead atoms. The van der Waals surface area contributed by atoms with E-state index in [9.17, 15) is 19.2 Å². The Hall–Kier alpha value is -3.23. The largest absolute Gasteiger partial charge is 0.453 e. The number of ether oxygens (including phenoxy) is 1. The Kier molecular flexibility index (Phi) is 6.50. The van der Waals surface area contributed by atoms with Crippen molar-refractivity contribution in [3.63, 3.8) is 0 Å². The molecule has 2 rings (SSSR count). The van der Waals surface area contributed by atoms with E-state index in [4.69, 9.17) is 4.74 Å². The van der Waals surface area contributed by atoms with E-state index < -0.39 is 29.6 Å². The number of esters is 1. The Labute approximate surface area is 161 Å². The summed E-state index contributed by atoms with van der Waals surface area (Å²) in [5, 5.41) is 5.15. The third-order valence-electron chi connectivity index (χ3n) is 3.63. The molecule has 2 aromatic rings. The number of para-hydroxylation sites is 1. The average Bonchev–Trinajstić information content (AvgIpc) is 2.58. The number of imide groups is 1. The molecule has 1 aromatic carbocycles. The molecule has 3 N–H and O–H groups in total. The van der Waals surface area contributed by atoms with Gasteiger partial charge in [-0.25, -0.2) is 9.78 Å². The van der Waals surface area contributed by atoms with Crippen molar-refractivity contribution in [1.82, 2.24) is 20.6 Å². The molecule has 0 aliphatic carbocycles. The summed E-state index contributed by atoms with van der Waals surface area (Å²) in [6.45, 7) is 6.68. The van der Waals surface area contributed by atoms with Crippen molar-refractivity contribution in [1.29, 1.82) is 0 Å². The summed E-state index contributed by atoms with van der Waals surface area (Å²) in [5.74, 6) is -1.02. The molecule has 0 aliphatic heterocycles. The van der Waals surface area contributed by atoms with Gasteiger partial charge in [-0.1, -0.05) is 12.1 Å². The quantitative estimate of drug-likeness (QED) is 0.664. The first-order chi connectivity index (χ1) is 13.0. The molecule has 3 amide bonds. The van der Waals surface area contributed by atoms with Gasteiger partial charge >= 0.3 is 12.0 Å². The molecule has 9 heteroatoms. The van der Waals surface area contributed by atoms with Gasteiger partial charge in [0.25, 0.3) is 11.5 Å². The number of aromatic amines is 1. The third kappa shape index (κ3) is 6.19. The van der Waals surface area contributed by atoms with Crippen LogP contribution in [0.1, 0.15) is 39.9 Å². The lowest BCUT2D eigenvalue weighted by atomic mass is 10.1. The summed E-state index contributed by atoms with van der Waals surface area (Å²) < 4.78 is 5.03. The number of benzene rings is 1. The van der Waals surface area contributed by atoms with E-state index in [1.807, 2.05) is 0 Å². The third-order valence-corrected chi connectivity index (χ3v) is 3.63. The van der Waals surface area contributed by atoms with E-state index in [1.54, 1.807) is 45.0 Å². The number of rotatable bonds is 5. The minimum absolute atomic E-state index is 0.0763. The summed E-state index contributed by atoms with van der Waals surface area (Å²) in [4.78, 5) is 54.5. The smallest absolute Gasteiger partial charge is 0.321 e. The van der Waals surface area contributed by atoms with Crippen molar-refractivity contribution in [2.75, 3.05) is 0 Å². The van der Waals surface area contributed by atoms with E-state index in [0.29, 0.717) is 16.7 Å². The van der Waals surface area contributed by atoms with Crippen LogP contribution in [0.3, 0.4) is 0 Å². The van der Waals surface area contributed by atoms with Crippen LogP contribution in [-0.2, 0) is 20.7 Å². The molecular weight excluding hydrogens is 364 g/mol. The lowest BCUT2D eigenvalue weighted by molar-refractivity contribution is -0.154. The summed E-state index contributed by atoms with van der Waals surface area (Å²) >= 11 is 0. The van der Waals surface area contributed by atoms with Crippen molar-refractivity contribution in [2.45, 2.75) is 52.2 Å². The van der Waals surface area contributed by atoms with Gasteiger partial charge in [-0.2, -0.15) is 0 Å². The van der Waals surface area contributed by atoms with Crippen LogP contribution in [0.2, 0.25) is 0 Å². The van der Waals surface area contributed by atoms with E-state index in [1.165, 1.54) is 6.92 Å². The van der Waals surface area contributed by atoms with Gasteiger partial charge < -0.3 is 15.0 Å². The molecule has 0 saturated carbocycles. The first-order valence-electron chi connectivity index (χ1n) is 8.85. The van der Waals surface area contributed by atoms with Gasteiger partial charge in [0.2, 0.25) is 0 Å². The molecule has 1 heterocycles. The number of H-pyrrole nitrogens is 1. The standard InChI is InChI=1S/C19H24N4O5/c1-11(16(25)22-18(27)23-19(2,3)4)28-15(24)10-9-14-20-13-8-6-5-7-12(13)17(26)21-14/h5-8,11H,9-10H2,1-4H3,(H,20,21,26)(H2,22,23,25,27)/t11-/m1/s1. The van der Waals surface area contributed by atoms with Crippen LogP contribution in [0, 0.1) is 0 Å². The van der Waals surface area contributed by atoms with E-state index in [-0.39, 0.29) is 18.4 Å². The topological polar surface area (TPSA) is 130 Å². The molecule has 0 spiro atoms. The van der Waals surface area contributed by atoms with Gasteiger partial charge in [-0.15, -0.1) is 0 Å². The molecule has 1 aromatic heterocycles. The molecule has 0 aliphatic rings. The van der Waals surface area contributed by atoms with Crippen molar-refractivity contribution in [3.05, 3.63) is 40.4 Å². The van der Waals surface area contributed by atoms with Crippen molar-refractivity contribution in [3.8, 4) is 0 Å². The van der Waals surface area contributed by atoms with Gasteiger partial charge in [0.1, 0.15) is 5.82 Å². The van der Waals surface area contributed by atoms with Crippen molar-refractivity contribution in [2.24, 2.45) is 0 Å². The normalized spacial score (nSPS) is 12.3. The first kappa shape index (κ1) is 21.1. The second kappa shape index (κ2) is 8.64. The molecule has 1 atom stereocenters. The molecule has 0 saturated heterocycles. The second-order valence-corrected chi connectivity index (χ2v) is 7.36. The number of fused-ring (bicyclic) bond motifs is 1. The van der Waals surface area contributed by atoms with Crippen LogP contribution in [-0.4, -0.2) is 39.5 Å². The lowest BCUT2D eigenvalue weighted by Crippen LogP contribution is -2.50. The highest BCUT2D eigenvalue weighted by atomic mass is 16.5. The number of amides is 3. The SMILES string of the molecule is C[C@@H](OC(=O)CCc1nc2ccccc2c(=O)[nH]1)C(=O)NC(=O)NC(C)(C)C. The molecular formula is C19H24N4O5. The van der Waals surface area contributed by atoms with Gasteiger partial charge in [-0.05, 0) is 39.8 Å². The summed E-state index contributed by atoms with van der Waals surface area (Å²) in [5.41, 5.74) is -0.257. The highest BCUT2D eigenvalue weighted by Gasteiger charge is 2.22. The monoisotopic (exact) mass is 388 g/mol. The number of carbonyl (C=O) groups excluding carboxylic acids is 3. The number of nitrogens with one attached hydrogen (secondary N) is 3. The van der Waals surface area contributed by atoms with Crippen LogP contribution in [0.4, 0.5) is 4.79 Å². The molecule has 0 radical (unpaired) electrons. The second-order valence-electron chi connectivity index (χ2n) is 7.36. The maximum absolute atomic E-state index is 12.0. The van der Waals surface area contributed by atoms with Crippen LogP contribution >= 0.6 is 0 Å². The Morgan fingerprint density at radius 2 is 1.89 bits per heavy atom. The first-order valence-corrected chi connectivity index (χ1v) is 8.85. The zero-order valence-corrected chi connectivity index (χ0v) is 16.3. The van der Waals surface area contributed by atoms with Crippen LogP contribution in [0.25, 0.3) is 10.9 Å². The summed E-state index contributed by atoms with van der Waals surface area (Å²) in [7, 11) is 0. The fourth-order valence-corrected chi connectivity index (χ4v) is 2.37. The van der Waals surface area contributed by atoms with Gasteiger partial charge in [0.15, 0.2) is 6.10 Å². The molecule has 9 nitrogen and oxygen atoms in total. The lowest BCUT2D eigenvalue weighted by Gasteiger charge is -2.21. The maximum Gasteiger partial charge on any atom is 0.321 e. The number of hydrogen-bond donors (Lipinski definition) is 3. The Morgan fingerprint density at radius 3 is 2.57 bits per heavy atom.